The van der Waals surface area contributed by atoms with Gasteiger partial charge in [0.25, 0.3) is 11.8 Å². The van der Waals surface area contributed by atoms with Crippen LogP contribution in [0.2, 0.25) is 10.0 Å². The summed E-state index contributed by atoms with van der Waals surface area (Å²) in [6.45, 7) is -0.293. The van der Waals surface area contributed by atoms with Gasteiger partial charge in [0, 0.05) is 5.56 Å². The summed E-state index contributed by atoms with van der Waals surface area (Å²) >= 11 is 12.2. The Balaban J connectivity index is 0.00000288. The summed E-state index contributed by atoms with van der Waals surface area (Å²) in [6, 6.07) is 4.76. The van der Waals surface area contributed by atoms with Crippen LogP contribution in [0.25, 0.3) is 11.3 Å². The first-order valence-electron chi connectivity index (χ1n) is 6.53. The Hall–Kier alpha value is -1.41. The first-order valence-corrected chi connectivity index (χ1v) is 7.29. The van der Waals surface area contributed by atoms with E-state index in [0.717, 1.165) is 0 Å². The Morgan fingerprint density at radius 1 is 1.38 bits per heavy atom. The van der Waals surface area contributed by atoms with Crippen molar-refractivity contribution >= 4 is 41.5 Å². The predicted octanol–water partition coefficient (Wildman–Crippen LogP) is 3.70. The molecule has 0 unspecified atom stereocenters. The zero-order chi connectivity index (χ0) is 17.2. The SMILES string of the molecule is Cc1onc(-c2c(Cl)cccc2Cl)c1C(=O)NCC(F)(F)CN.Cl. The summed E-state index contributed by atoms with van der Waals surface area (Å²) in [5, 5.41) is 6.40. The third-order valence-corrected chi connectivity index (χ3v) is 3.73. The number of carbonyl (C=O) groups is 1. The number of carbonyl (C=O) groups excluding carboxylic acids is 1. The molecule has 1 aromatic carbocycles. The summed E-state index contributed by atoms with van der Waals surface area (Å²) < 4.78 is 31.4. The van der Waals surface area contributed by atoms with Crippen molar-refractivity contribution in [3.63, 3.8) is 0 Å². The lowest BCUT2D eigenvalue weighted by Crippen LogP contribution is -2.41. The van der Waals surface area contributed by atoms with E-state index < -0.39 is 24.9 Å². The van der Waals surface area contributed by atoms with Gasteiger partial charge in [0.2, 0.25) is 0 Å². The van der Waals surface area contributed by atoms with Gasteiger partial charge in [0.05, 0.1) is 23.1 Å². The van der Waals surface area contributed by atoms with Crippen LogP contribution in [0.5, 0.6) is 0 Å². The van der Waals surface area contributed by atoms with Crippen molar-refractivity contribution in [2.45, 2.75) is 12.8 Å². The highest BCUT2D eigenvalue weighted by Crippen LogP contribution is 2.36. The second kappa shape index (κ2) is 8.11. The van der Waals surface area contributed by atoms with Gasteiger partial charge < -0.3 is 15.6 Å². The van der Waals surface area contributed by atoms with E-state index in [0.29, 0.717) is 5.56 Å². The van der Waals surface area contributed by atoms with Gasteiger partial charge in [0.15, 0.2) is 0 Å². The molecule has 132 valence electrons. The number of aromatic nitrogens is 1. The summed E-state index contributed by atoms with van der Waals surface area (Å²) in [5.41, 5.74) is 5.31. The van der Waals surface area contributed by atoms with Crippen LogP contribution in [0.1, 0.15) is 16.1 Å². The lowest BCUT2D eigenvalue weighted by molar-refractivity contribution is 0.0118. The number of rotatable bonds is 5. The van der Waals surface area contributed by atoms with Crippen molar-refractivity contribution in [3.05, 3.63) is 39.6 Å². The number of nitrogens with two attached hydrogens (primary N) is 1. The topological polar surface area (TPSA) is 81.2 Å². The maximum atomic E-state index is 13.2. The van der Waals surface area contributed by atoms with E-state index in [-0.39, 0.29) is 39.5 Å². The number of aryl methyl sites for hydroxylation is 1. The Kier molecular flexibility index (Phi) is 6.97. The molecule has 10 heteroatoms. The molecule has 0 bridgehead atoms. The number of benzene rings is 1. The fraction of sp³-hybridized carbons (Fsp3) is 0.286. The second-order valence-corrected chi connectivity index (χ2v) is 5.62. The number of hydrogen-bond acceptors (Lipinski definition) is 4. The average Bonchev–Trinajstić information content (AvgIpc) is 2.86. The molecule has 0 atom stereocenters. The molecule has 1 aromatic heterocycles. The van der Waals surface area contributed by atoms with Gasteiger partial charge >= 0.3 is 0 Å². The molecule has 0 aliphatic carbocycles. The summed E-state index contributed by atoms with van der Waals surface area (Å²) in [7, 11) is 0. The molecule has 0 fully saturated rings. The van der Waals surface area contributed by atoms with E-state index in [1.165, 1.54) is 6.92 Å². The number of nitrogens with one attached hydrogen (secondary N) is 1. The first kappa shape index (κ1) is 20.6. The molecule has 0 radical (unpaired) electrons. The average molecular weight is 401 g/mol. The summed E-state index contributed by atoms with van der Waals surface area (Å²) in [6.07, 6.45) is 0. The van der Waals surface area contributed by atoms with Gasteiger partial charge in [-0.2, -0.15) is 0 Å². The molecule has 1 amide bonds. The van der Waals surface area contributed by atoms with Crippen molar-refractivity contribution in [1.29, 1.82) is 0 Å². The van der Waals surface area contributed by atoms with Gasteiger partial charge in [-0.25, -0.2) is 8.78 Å². The number of nitrogens with zero attached hydrogens (tertiary/aromatic N) is 1. The molecule has 0 aliphatic rings. The van der Waals surface area contributed by atoms with E-state index in [1.807, 2.05) is 0 Å². The maximum absolute atomic E-state index is 13.2. The summed E-state index contributed by atoms with van der Waals surface area (Å²) in [4.78, 5) is 12.2. The van der Waals surface area contributed by atoms with Crippen molar-refractivity contribution in [3.8, 4) is 11.3 Å². The van der Waals surface area contributed by atoms with Crippen LogP contribution < -0.4 is 11.1 Å². The third kappa shape index (κ3) is 4.36. The molecule has 1 heterocycles. The monoisotopic (exact) mass is 399 g/mol. The molecular formula is C14H14Cl3F2N3O2. The van der Waals surface area contributed by atoms with E-state index in [4.69, 9.17) is 33.5 Å². The van der Waals surface area contributed by atoms with Crippen LogP contribution in [-0.2, 0) is 0 Å². The van der Waals surface area contributed by atoms with Crippen LogP contribution in [0.15, 0.2) is 22.7 Å². The highest BCUT2D eigenvalue weighted by Gasteiger charge is 2.30. The van der Waals surface area contributed by atoms with Crippen molar-refractivity contribution in [1.82, 2.24) is 10.5 Å². The minimum Gasteiger partial charge on any atom is -0.360 e. The molecule has 0 spiro atoms. The molecule has 0 saturated carbocycles. The number of alkyl halides is 2. The lowest BCUT2D eigenvalue weighted by atomic mass is 10.1. The largest absolute Gasteiger partial charge is 0.360 e. The third-order valence-electron chi connectivity index (χ3n) is 3.10. The van der Waals surface area contributed by atoms with E-state index >= 15 is 0 Å². The van der Waals surface area contributed by atoms with E-state index in [2.05, 4.69) is 10.5 Å². The van der Waals surface area contributed by atoms with Crippen LogP contribution in [0, 0.1) is 6.92 Å². The maximum Gasteiger partial charge on any atom is 0.277 e. The van der Waals surface area contributed by atoms with Gasteiger partial charge in [-0.1, -0.05) is 34.4 Å². The molecule has 0 saturated heterocycles. The smallest absolute Gasteiger partial charge is 0.277 e. The molecular weight excluding hydrogens is 387 g/mol. The molecule has 2 aromatic rings. The van der Waals surface area contributed by atoms with Gasteiger partial charge in [-0.15, -0.1) is 12.4 Å². The van der Waals surface area contributed by atoms with Gasteiger partial charge in [-0.3, -0.25) is 4.79 Å². The molecule has 3 N–H and O–H groups in total. The van der Waals surface area contributed by atoms with Crippen LogP contribution in [0.3, 0.4) is 0 Å². The number of amides is 1. The Morgan fingerprint density at radius 3 is 2.50 bits per heavy atom. The Morgan fingerprint density at radius 2 is 1.96 bits per heavy atom. The van der Waals surface area contributed by atoms with Crippen molar-refractivity contribution in [2.24, 2.45) is 5.73 Å². The quantitative estimate of drug-likeness (QED) is 0.802. The zero-order valence-electron chi connectivity index (χ0n) is 12.4. The molecule has 2 rings (SSSR count). The number of halogens is 5. The van der Waals surface area contributed by atoms with Gasteiger partial charge in [0.1, 0.15) is 17.0 Å². The molecule has 5 nitrogen and oxygen atoms in total. The second-order valence-electron chi connectivity index (χ2n) is 4.80. The van der Waals surface area contributed by atoms with Crippen LogP contribution >= 0.6 is 35.6 Å². The first-order chi connectivity index (χ1) is 10.8. The molecule has 24 heavy (non-hydrogen) atoms. The van der Waals surface area contributed by atoms with E-state index in [9.17, 15) is 13.6 Å². The summed E-state index contributed by atoms with van der Waals surface area (Å²) in [5.74, 6) is -3.82. The fourth-order valence-corrected chi connectivity index (χ4v) is 2.48. The standard InChI is InChI=1S/C14H13Cl2F2N3O2.ClH/c1-7-10(13(22)20-6-14(17,18)5-19)12(21-23-7)11-8(15)3-2-4-9(11)16;/h2-4H,5-6,19H2,1H3,(H,20,22);1H. The highest BCUT2D eigenvalue weighted by atomic mass is 35.5. The normalized spacial score (nSPS) is 11.1. The highest BCUT2D eigenvalue weighted by molar-refractivity contribution is 6.39. The van der Waals surface area contributed by atoms with E-state index in [1.54, 1.807) is 18.2 Å². The molecule has 0 aliphatic heterocycles. The lowest BCUT2D eigenvalue weighted by Gasteiger charge is -2.14. The number of hydrogen-bond donors (Lipinski definition) is 2. The minimum absolute atomic E-state index is 0. The van der Waals surface area contributed by atoms with Crippen molar-refractivity contribution < 1.29 is 18.1 Å². The van der Waals surface area contributed by atoms with Crippen molar-refractivity contribution in [2.75, 3.05) is 13.1 Å². The van der Waals surface area contributed by atoms with Gasteiger partial charge in [-0.05, 0) is 19.1 Å². The minimum atomic E-state index is -3.21. The Labute approximate surface area is 152 Å². The van der Waals surface area contributed by atoms with Crippen LogP contribution in [-0.4, -0.2) is 30.1 Å². The predicted molar refractivity (Wildman–Crippen MR) is 90.3 cm³/mol. The Bertz CT molecular complexity index is 718. The zero-order valence-corrected chi connectivity index (χ0v) is 14.7. The fourth-order valence-electron chi connectivity index (χ4n) is 1.90. The van der Waals surface area contributed by atoms with Crippen LogP contribution in [0.4, 0.5) is 8.78 Å².